The number of carbonyl (C=O) groups is 1. The summed E-state index contributed by atoms with van der Waals surface area (Å²) in [7, 11) is -3.44. The fourth-order valence-electron chi connectivity index (χ4n) is 2.70. The van der Waals surface area contributed by atoms with Gasteiger partial charge in [0.2, 0.25) is 10.0 Å². The Morgan fingerprint density at radius 1 is 1.07 bits per heavy atom. The molecule has 2 aromatic carbocycles. The minimum absolute atomic E-state index is 0.127. The zero-order chi connectivity index (χ0) is 20.6. The third kappa shape index (κ3) is 6.98. The SMILES string of the molecule is CCCOc1cccc(C(=O)NCc2ccccc2CS(=O)(=O)NC(C)C)c1. The van der Waals surface area contributed by atoms with E-state index in [1.165, 1.54) is 0 Å². The molecule has 0 saturated heterocycles. The maximum atomic E-state index is 12.5. The van der Waals surface area contributed by atoms with Crippen molar-refractivity contribution in [3.63, 3.8) is 0 Å². The maximum Gasteiger partial charge on any atom is 0.251 e. The van der Waals surface area contributed by atoms with Crippen LogP contribution in [0, 0.1) is 0 Å². The lowest BCUT2D eigenvalue weighted by Gasteiger charge is -2.13. The highest BCUT2D eigenvalue weighted by molar-refractivity contribution is 7.88. The normalized spacial score (nSPS) is 11.4. The van der Waals surface area contributed by atoms with Gasteiger partial charge in [0, 0.05) is 18.2 Å². The zero-order valence-corrected chi connectivity index (χ0v) is 17.4. The molecule has 6 nitrogen and oxygen atoms in total. The summed E-state index contributed by atoms with van der Waals surface area (Å²) < 4.78 is 32.6. The van der Waals surface area contributed by atoms with Crippen molar-refractivity contribution in [1.29, 1.82) is 0 Å². The van der Waals surface area contributed by atoms with Gasteiger partial charge in [0.25, 0.3) is 5.91 Å². The summed E-state index contributed by atoms with van der Waals surface area (Å²) in [5.41, 5.74) is 1.93. The first-order valence-corrected chi connectivity index (χ1v) is 11.0. The Hall–Kier alpha value is -2.38. The molecule has 0 saturated carbocycles. The first-order valence-electron chi connectivity index (χ1n) is 9.38. The molecule has 1 amide bonds. The van der Waals surface area contributed by atoms with E-state index in [-0.39, 0.29) is 24.2 Å². The average molecular weight is 405 g/mol. The molecule has 0 spiro atoms. The van der Waals surface area contributed by atoms with E-state index in [2.05, 4.69) is 10.0 Å². The highest BCUT2D eigenvalue weighted by Gasteiger charge is 2.16. The zero-order valence-electron chi connectivity index (χ0n) is 16.6. The van der Waals surface area contributed by atoms with Gasteiger partial charge in [0.05, 0.1) is 12.4 Å². The molecule has 0 heterocycles. The lowest BCUT2D eigenvalue weighted by molar-refractivity contribution is 0.0950. The van der Waals surface area contributed by atoms with E-state index in [1.54, 1.807) is 44.2 Å². The first kappa shape index (κ1) is 21.9. The van der Waals surface area contributed by atoms with E-state index < -0.39 is 10.0 Å². The summed E-state index contributed by atoms with van der Waals surface area (Å²) in [4.78, 5) is 12.5. The summed E-state index contributed by atoms with van der Waals surface area (Å²) >= 11 is 0. The molecule has 0 aliphatic rings. The van der Waals surface area contributed by atoms with Gasteiger partial charge in [0.1, 0.15) is 5.75 Å². The molecule has 0 aliphatic carbocycles. The molecule has 28 heavy (non-hydrogen) atoms. The van der Waals surface area contributed by atoms with Crippen LogP contribution in [0.5, 0.6) is 5.75 Å². The molecule has 2 aromatic rings. The number of hydrogen-bond donors (Lipinski definition) is 2. The Bertz CT molecular complexity index is 895. The summed E-state index contributed by atoms with van der Waals surface area (Å²) in [5, 5.41) is 2.86. The van der Waals surface area contributed by atoms with Crippen molar-refractivity contribution < 1.29 is 17.9 Å². The van der Waals surface area contributed by atoms with Crippen LogP contribution in [-0.4, -0.2) is 27.0 Å². The third-order valence-electron chi connectivity index (χ3n) is 3.89. The second-order valence-corrected chi connectivity index (χ2v) is 8.61. The van der Waals surface area contributed by atoms with Crippen molar-refractivity contribution >= 4 is 15.9 Å². The van der Waals surface area contributed by atoms with E-state index in [9.17, 15) is 13.2 Å². The minimum atomic E-state index is -3.44. The number of rotatable bonds is 10. The second-order valence-electron chi connectivity index (χ2n) is 6.86. The molecule has 0 fully saturated rings. The van der Waals surface area contributed by atoms with Gasteiger partial charge in [-0.05, 0) is 49.6 Å². The van der Waals surface area contributed by atoms with Crippen molar-refractivity contribution in [2.75, 3.05) is 6.61 Å². The van der Waals surface area contributed by atoms with Crippen LogP contribution in [0.2, 0.25) is 0 Å². The van der Waals surface area contributed by atoms with Crippen LogP contribution >= 0.6 is 0 Å². The largest absolute Gasteiger partial charge is 0.494 e. The number of sulfonamides is 1. The lowest BCUT2D eigenvalue weighted by Crippen LogP contribution is -2.32. The fraction of sp³-hybridized carbons (Fsp3) is 0.381. The van der Waals surface area contributed by atoms with Crippen LogP contribution in [0.3, 0.4) is 0 Å². The van der Waals surface area contributed by atoms with E-state index in [1.807, 2.05) is 25.1 Å². The van der Waals surface area contributed by atoms with Crippen LogP contribution < -0.4 is 14.8 Å². The van der Waals surface area contributed by atoms with Crippen molar-refractivity contribution in [1.82, 2.24) is 10.0 Å². The summed E-state index contributed by atoms with van der Waals surface area (Å²) in [6.07, 6.45) is 0.891. The van der Waals surface area contributed by atoms with Crippen LogP contribution in [-0.2, 0) is 22.3 Å². The number of ether oxygens (including phenoxy) is 1. The molecule has 0 bridgehead atoms. The summed E-state index contributed by atoms with van der Waals surface area (Å²) in [6, 6.07) is 14.0. The second kappa shape index (κ2) is 10.2. The molecule has 0 aromatic heterocycles. The quantitative estimate of drug-likeness (QED) is 0.637. The molecular formula is C21H28N2O4S. The van der Waals surface area contributed by atoms with Crippen LogP contribution in [0.15, 0.2) is 48.5 Å². The molecule has 7 heteroatoms. The Morgan fingerprint density at radius 3 is 2.46 bits per heavy atom. The van der Waals surface area contributed by atoms with Crippen molar-refractivity contribution in [3.8, 4) is 5.75 Å². The van der Waals surface area contributed by atoms with Crippen molar-refractivity contribution in [3.05, 3.63) is 65.2 Å². The first-order chi connectivity index (χ1) is 13.3. The van der Waals surface area contributed by atoms with Gasteiger partial charge in [-0.15, -0.1) is 0 Å². The number of amides is 1. The molecule has 0 atom stereocenters. The fourth-order valence-corrected chi connectivity index (χ4v) is 4.19. The minimum Gasteiger partial charge on any atom is -0.494 e. The van der Waals surface area contributed by atoms with Crippen LogP contribution in [0.4, 0.5) is 0 Å². The van der Waals surface area contributed by atoms with Gasteiger partial charge in [0.15, 0.2) is 0 Å². The topological polar surface area (TPSA) is 84.5 Å². The molecular weight excluding hydrogens is 376 g/mol. The van der Waals surface area contributed by atoms with E-state index >= 15 is 0 Å². The molecule has 152 valence electrons. The molecule has 0 unspecified atom stereocenters. The van der Waals surface area contributed by atoms with E-state index in [0.29, 0.717) is 23.5 Å². The van der Waals surface area contributed by atoms with E-state index in [0.717, 1.165) is 12.0 Å². The van der Waals surface area contributed by atoms with Gasteiger partial charge < -0.3 is 10.1 Å². The third-order valence-corrected chi connectivity index (χ3v) is 5.41. The van der Waals surface area contributed by atoms with Gasteiger partial charge in [-0.25, -0.2) is 13.1 Å². The maximum absolute atomic E-state index is 12.5. The Kier molecular flexibility index (Phi) is 8.02. The standard InChI is InChI=1S/C21H28N2O4S/c1-4-12-27-20-11-7-10-17(13-20)21(24)22-14-18-8-5-6-9-19(18)15-28(25,26)23-16(2)3/h5-11,13,16,23H,4,12,14-15H2,1-3H3,(H,22,24). The monoisotopic (exact) mass is 404 g/mol. The van der Waals surface area contributed by atoms with Crippen molar-refractivity contribution in [2.45, 2.75) is 45.5 Å². The van der Waals surface area contributed by atoms with Crippen LogP contribution in [0.25, 0.3) is 0 Å². The van der Waals surface area contributed by atoms with Gasteiger partial charge in [-0.2, -0.15) is 0 Å². The number of carbonyl (C=O) groups excluding carboxylic acids is 1. The molecule has 2 N–H and O–H groups in total. The predicted octanol–water partition coefficient (Wildman–Crippen LogP) is 3.23. The Labute approximate surface area is 167 Å². The number of hydrogen-bond acceptors (Lipinski definition) is 4. The molecule has 2 rings (SSSR count). The van der Waals surface area contributed by atoms with Gasteiger partial charge in [-0.1, -0.05) is 37.3 Å². The molecule has 0 aliphatic heterocycles. The summed E-state index contributed by atoms with van der Waals surface area (Å²) in [5.74, 6) is 0.290. The lowest BCUT2D eigenvalue weighted by atomic mass is 10.1. The Morgan fingerprint density at radius 2 is 1.79 bits per heavy atom. The number of benzene rings is 2. The van der Waals surface area contributed by atoms with Gasteiger partial charge >= 0.3 is 0 Å². The van der Waals surface area contributed by atoms with E-state index in [4.69, 9.17) is 4.74 Å². The smallest absolute Gasteiger partial charge is 0.251 e. The highest BCUT2D eigenvalue weighted by Crippen LogP contribution is 2.15. The number of nitrogens with one attached hydrogen (secondary N) is 2. The average Bonchev–Trinajstić information content (AvgIpc) is 2.64. The van der Waals surface area contributed by atoms with Crippen molar-refractivity contribution in [2.24, 2.45) is 0 Å². The van der Waals surface area contributed by atoms with Crippen LogP contribution in [0.1, 0.15) is 48.7 Å². The van der Waals surface area contributed by atoms with Gasteiger partial charge in [-0.3, -0.25) is 4.79 Å². The molecule has 0 radical (unpaired) electrons. The highest BCUT2D eigenvalue weighted by atomic mass is 32.2. The predicted molar refractivity (Wildman–Crippen MR) is 111 cm³/mol. The Balaban J connectivity index is 2.06. The summed E-state index contributed by atoms with van der Waals surface area (Å²) in [6.45, 7) is 6.42.